The summed E-state index contributed by atoms with van der Waals surface area (Å²) in [5.74, 6) is -0.654. The average Bonchev–Trinajstić information content (AvgIpc) is 2.32. The highest BCUT2D eigenvalue weighted by Gasteiger charge is 2.30. The molecule has 1 rings (SSSR count). The van der Waals surface area contributed by atoms with E-state index in [2.05, 4.69) is 16.8 Å². The van der Waals surface area contributed by atoms with Gasteiger partial charge in [0.2, 0.25) is 0 Å². The van der Waals surface area contributed by atoms with Crippen molar-refractivity contribution in [2.24, 2.45) is 0 Å². The van der Waals surface area contributed by atoms with Crippen LogP contribution in [0.5, 0.6) is 0 Å². The van der Waals surface area contributed by atoms with E-state index in [-0.39, 0.29) is 17.1 Å². The molecule has 4 heteroatoms. The Labute approximate surface area is 69.9 Å². The second-order valence-corrected chi connectivity index (χ2v) is 5.21. The molecule has 0 aromatic rings. The highest BCUT2D eigenvalue weighted by atomic mass is 32.2. The maximum absolute atomic E-state index is 10.7. The van der Waals surface area contributed by atoms with Gasteiger partial charge in [-0.05, 0) is 25.4 Å². The van der Waals surface area contributed by atoms with Crippen LogP contribution in [0.1, 0.15) is 12.8 Å². The van der Waals surface area contributed by atoms with E-state index in [0.717, 1.165) is 19.4 Å². The molecule has 0 aliphatic carbocycles. The molecular formula is C7H15NO2S. The van der Waals surface area contributed by atoms with Crippen LogP contribution in [-0.2, 0) is 4.79 Å². The molecule has 1 saturated heterocycles. The van der Waals surface area contributed by atoms with Crippen molar-refractivity contribution < 1.29 is 9.90 Å². The predicted molar refractivity (Wildman–Crippen MR) is 48.2 cm³/mol. The van der Waals surface area contributed by atoms with Gasteiger partial charge in [-0.2, -0.15) is 0 Å². The van der Waals surface area contributed by atoms with E-state index in [0.29, 0.717) is 0 Å². The Morgan fingerprint density at radius 2 is 2.27 bits per heavy atom. The van der Waals surface area contributed by atoms with Gasteiger partial charge in [-0.3, -0.25) is 9.10 Å². The zero-order valence-corrected chi connectivity index (χ0v) is 7.84. The Morgan fingerprint density at radius 1 is 1.64 bits per heavy atom. The molecule has 1 N–H and O–H groups in total. The fourth-order valence-electron chi connectivity index (χ4n) is 1.48. The summed E-state index contributed by atoms with van der Waals surface area (Å²) in [5, 5.41) is 8.80. The number of hydrogen-bond donors (Lipinski definition) is 2. The van der Waals surface area contributed by atoms with E-state index < -0.39 is 5.97 Å². The van der Waals surface area contributed by atoms with Crippen molar-refractivity contribution in [3.05, 3.63) is 0 Å². The summed E-state index contributed by atoms with van der Waals surface area (Å²) in [7, 11) is 0. The standard InChI is InChI=1S/C7H15NO2S/c1-11(2)8-5-3-4-6(8)7(9)10/h6,11H,3-5H2,1-2H3,(H,9,10). The first-order chi connectivity index (χ1) is 5.13. The maximum atomic E-state index is 10.7. The van der Waals surface area contributed by atoms with Crippen molar-refractivity contribution in [2.45, 2.75) is 18.9 Å². The largest absolute Gasteiger partial charge is 0.480 e. The smallest absolute Gasteiger partial charge is 0.321 e. The van der Waals surface area contributed by atoms with Gasteiger partial charge in [-0.15, -0.1) is 0 Å². The molecule has 0 amide bonds. The van der Waals surface area contributed by atoms with Gasteiger partial charge in [-0.25, -0.2) is 11.1 Å². The van der Waals surface area contributed by atoms with Gasteiger partial charge in [0.05, 0.1) is 0 Å². The molecule has 0 bridgehead atoms. The van der Waals surface area contributed by atoms with Gasteiger partial charge in [0.1, 0.15) is 6.04 Å². The molecule has 1 aliphatic rings. The molecule has 66 valence electrons. The van der Waals surface area contributed by atoms with Gasteiger partial charge in [-0.1, -0.05) is 0 Å². The quantitative estimate of drug-likeness (QED) is 0.610. The number of nitrogens with zero attached hydrogens (tertiary/aromatic N) is 1. The van der Waals surface area contributed by atoms with Crippen LogP contribution in [0.4, 0.5) is 0 Å². The van der Waals surface area contributed by atoms with Crippen LogP contribution in [0.25, 0.3) is 0 Å². The molecule has 0 spiro atoms. The van der Waals surface area contributed by atoms with Crippen LogP contribution in [0.15, 0.2) is 0 Å². The zero-order valence-electron chi connectivity index (χ0n) is 6.95. The first-order valence-electron chi connectivity index (χ1n) is 3.79. The Balaban J connectivity index is 2.58. The van der Waals surface area contributed by atoms with Gasteiger partial charge in [0.25, 0.3) is 0 Å². The first-order valence-corrected chi connectivity index (χ1v) is 5.98. The minimum atomic E-state index is -0.654. The molecule has 1 aliphatic heterocycles. The lowest BCUT2D eigenvalue weighted by Crippen LogP contribution is -2.32. The zero-order chi connectivity index (χ0) is 8.43. The normalized spacial score (nSPS) is 27.1. The number of carboxylic acids is 1. The van der Waals surface area contributed by atoms with Crippen LogP contribution in [0, 0.1) is 0 Å². The fraction of sp³-hybridized carbons (Fsp3) is 0.857. The molecule has 0 aromatic heterocycles. The highest BCUT2D eigenvalue weighted by Crippen LogP contribution is 2.31. The number of hydrogen-bond acceptors (Lipinski definition) is 2. The second kappa shape index (κ2) is 3.45. The molecular weight excluding hydrogens is 162 g/mol. The Morgan fingerprint density at radius 3 is 2.64 bits per heavy atom. The lowest BCUT2D eigenvalue weighted by atomic mass is 10.2. The monoisotopic (exact) mass is 177 g/mol. The first kappa shape index (κ1) is 8.87. The SMILES string of the molecule is C[SH](C)N1CCCC1C(=O)O. The van der Waals surface area contributed by atoms with Crippen LogP contribution >= 0.6 is 11.1 Å². The van der Waals surface area contributed by atoms with Crippen molar-refractivity contribution in [3.8, 4) is 0 Å². The van der Waals surface area contributed by atoms with Crippen LogP contribution in [-0.4, -0.2) is 40.5 Å². The molecule has 0 saturated carbocycles. The second-order valence-electron chi connectivity index (χ2n) is 3.01. The van der Waals surface area contributed by atoms with Crippen molar-refractivity contribution >= 4 is 17.1 Å². The van der Waals surface area contributed by atoms with Gasteiger partial charge in [0, 0.05) is 6.54 Å². The van der Waals surface area contributed by atoms with Gasteiger partial charge < -0.3 is 5.11 Å². The van der Waals surface area contributed by atoms with Crippen molar-refractivity contribution in [1.29, 1.82) is 0 Å². The predicted octanol–water partition coefficient (Wildman–Crippen LogP) is 0.711. The maximum Gasteiger partial charge on any atom is 0.321 e. The Bertz CT molecular complexity index is 161. The lowest BCUT2D eigenvalue weighted by Gasteiger charge is -2.27. The molecule has 3 nitrogen and oxygen atoms in total. The van der Waals surface area contributed by atoms with E-state index >= 15 is 0 Å². The van der Waals surface area contributed by atoms with Gasteiger partial charge in [0.15, 0.2) is 0 Å². The van der Waals surface area contributed by atoms with Crippen LogP contribution in [0.3, 0.4) is 0 Å². The number of carboxylic acid groups (broad SMARTS) is 1. The van der Waals surface area contributed by atoms with Crippen LogP contribution in [0.2, 0.25) is 0 Å². The summed E-state index contributed by atoms with van der Waals surface area (Å²) in [6.45, 7) is 0.968. The lowest BCUT2D eigenvalue weighted by molar-refractivity contribution is -0.140. The number of aliphatic carboxylic acids is 1. The minimum absolute atomic E-state index is 0.198. The summed E-state index contributed by atoms with van der Waals surface area (Å²) in [6.07, 6.45) is 6.08. The highest BCUT2D eigenvalue weighted by molar-refractivity contribution is 8.13. The summed E-state index contributed by atoms with van der Waals surface area (Å²) >= 11 is -0.221. The number of thiol groups is 1. The molecule has 11 heavy (non-hydrogen) atoms. The van der Waals surface area contributed by atoms with Crippen molar-refractivity contribution in [1.82, 2.24) is 4.31 Å². The molecule has 1 unspecified atom stereocenters. The van der Waals surface area contributed by atoms with E-state index in [1.54, 1.807) is 0 Å². The third-order valence-electron chi connectivity index (χ3n) is 2.02. The minimum Gasteiger partial charge on any atom is -0.480 e. The molecule has 1 heterocycles. The molecule has 1 atom stereocenters. The average molecular weight is 177 g/mol. The Hall–Kier alpha value is -0.220. The molecule has 0 radical (unpaired) electrons. The third kappa shape index (κ3) is 1.87. The van der Waals surface area contributed by atoms with Crippen molar-refractivity contribution in [2.75, 3.05) is 19.1 Å². The van der Waals surface area contributed by atoms with E-state index in [9.17, 15) is 4.79 Å². The van der Waals surface area contributed by atoms with E-state index in [4.69, 9.17) is 5.11 Å². The third-order valence-corrected chi connectivity index (χ3v) is 3.53. The summed E-state index contributed by atoms with van der Waals surface area (Å²) in [5.41, 5.74) is 0. The summed E-state index contributed by atoms with van der Waals surface area (Å²) in [6, 6.07) is -0.198. The molecule has 0 aromatic carbocycles. The fourth-order valence-corrected chi connectivity index (χ4v) is 2.79. The summed E-state index contributed by atoms with van der Waals surface area (Å²) < 4.78 is 2.11. The van der Waals surface area contributed by atoms with E-state index in [1.165, 1.54) is 0 Å². The summed E-state index contributed by atoms with van der Waals surface area (Å²) in [4.78, 5) is 10.7. The molecule has 1 fully saturated rings. The van der Waals surface area contributed by atoms with Crippen LogP contribution < -0.4 is 0 Å². The Kier molecular flexibility index (Phi) is 2.78. The number of rotatable bonds is 2. The van der Waals surface area contributed by atoms with Gasteiger partial charge >= 0.3 is 5.97 Å². The van der Waals surface area contributed by atoms with Crippen molar-refractivity contribution in [3.63, 3.8) is 0 Å². The number of carbonyl (C=O) groups is 1. The van der Waals surface area contributed by atoms with E-state index in [1.807, 2.05) is 0 Å². The topological polar surface area (TPSA) is 40.5 Å².